The highest BCUT2D eigenvalue weighted by Gasteiger charge is 2.63. The Bertz CT molecular complexity index is 2230. The van der Waals surface area contributed by atoms with Gasteiger partial charge in [-0.2, -0.15) is 0 Å². The van der Waals surface area contributed by atoms with Crippen LogP contribution in [0, 0.1) is 42.3 Å². The molecule has 48 heavy (non-hydrogen) atoms. The van der Waals surface area contributed by atoms with Gasteiger partial charge in [-0.3, -0.25) is 9.59 Å². The van der Waals surface area contributed by atoms with Crippen LogP contribution in [0.4, 0.5) is 10.2 Å². The number of halogens is 1. The quantitative estimate of drug-likeness (QED) is 0.229. The Hall–Kier alpha value is -4.85. The minimum absolute atomic E-state index is 0.00375. The average molecular weight is 672 g/mol. The van der Waals surface area contributed by atoms with Crippen molar-refractivity contribution in [2.75, 3.05) is 19.0 Å². The SMILES string of the molecule is CCOC(=O)[C@H]1[C@H](Nc2nc(-c3cn(S(=O)(=O)c4ccc(C)cc4)c4ncc(F)cc34)nn3c(C(=O)NC)ccc23)[C@@H]2CC[C@H]1C1CC12. The molecule has 6 atom stereocenters. The molecule has 9 rings (SSSR count). The number of nitrogens with zero attached hydrogens (tertiary/aromatic N) is 5. The summed E-state index contributed by atoms with van der Waals surface area (Å²) in [6.45, 7) is 3.94. The van der Waals surface area contributed by atoms with Crippen molar-refractivity contribution in [2.45, 2.75) is 44.0 Å². The van der Waals surface area contributed by atoms with Crippen molar-refractivity contribution in [3.05, 3.63) is 71.9 Å². The number of aryl methyl sites for hydroxylation is 1. The van der Waals surface area contributed by atoms with Gasteiger partial charge >= 0.3 is 5.97 Å². The number of carbonyl (C=O) groups is 2. The smallest absolute Gasteiger partial charge is 0.311 e. The molecule has 0 saturated heterocycles. The number of fused-ring (bicyclic) bond motifs is 4. The second-order valence-electron chi connectivity index (χ2n) is 13.0. The summed E-state index contributed by atoms with van der Waals surface area (Å²) >= 11 is 0. The summed E-state index contributed by atoms with van der Waals surface area (Å²) in [6.07, 6.45) is 5.33. The van der Waals surface area contributed by atoms with Gasteiger partial charge in [0, 0.05) is 30.2 Å². The number of carbonyl (C=O) groups excluding carboxylic acids is 2. The highest BCUT2D eigenvalue weighted by molar-refractivity contribution is 7.90. The van der Waals surface area contributed by atoms with Crippen LogP contribution >= 0.6 is 0 Å². The van der Waals surface area contributed by atoms with Crippen LogP contribution in [0.1, 0.15) is 42.2 Å². The second kappa shape index (κ2) is 11.1. The van der Waals surface area contributed by atoms with Gasteiger partial charge in [0.25, 0.3) is 15.9 Å². The van der Waals surface area contributed by atoms with Gasteiger partial charge in [-0.15, -0.1) is 5.10 Å². The molecule has 0 aliphatic heterocycles. The molecule has 2 bridgehead atoms. The number of amides is 1. The van der Waals surface area contributed by atoms with Gasteiger partial charge in [-0.1, -0.05) is 17.7 Å². The topological polar surface area (TPSA) is 150 Å². The number of aromatic nitrogens is 5. The average Bonchev–Trinajstić information content (AvgIpc) is 3.66. The molecule has 4 aromatic heterocycles. The van der Waals surface area contributed by atoms with Crippen LogP contribution in [0.15, 0.2) is 59.8 Å². The molecule has 4 saturated carbocycles. The molecule has 4 aliphatic rings. The van der Waals surface area contributed by atoms with Crippen molar-refractivity contribution in [1.29, 1.82) is 0 Å². The number of rotatable bonds is 8. The van der Waals surface area contributed by atoms with E-state index in [1.807, 2.05) is 6.92 Å². The number of benzene rings is 1. The van der Waals surface area contributed by atoms with Gasteiger partial charge in [0.15, 0.2) is 17.3 Å². The lowest BCUT2D eigenvalue weighted by Gasteiger charge is -2.47. The maximum Gasteiger partial charge on any atom is 0.311 e. The zero-order chi connectivity index (χ0) is 33.5. The van der Waals surface area contributed by atoms with E-state index in [2.05, 4.69) is 15.6 Å². The van der Waals surface area contributed by atoms with Crippen LogP contribution in [0.2, 0.25) is 0 Å². The Labute approximate surface area is 275 Å². The predicted octanol–water partition coefficient (Wildman–Crippen LogP) is 4.43. The van der Waals surface area contributed by atoms with Crippen molar-refractivity contribution >= 4 is 44.3 Å². The number of nitrogens with one attached hydrogen (secondary N) is 2. The van der Waals surface area contributed by atoms with Crippen molar-refractivity contribution in [1.82, 2.24) is 28.9 Å². The van der Waals surface area contributed by atoms with Gasteiger partial charge in [-0.25, -0.2) is 31.3 Å². The van der Waals surface area contributed by atoms with Crippen LogP contribution in [0.25, 0.3) is 27.9 Å². The molecule has 4 fully saturated rings. The first kappa shape index (κ1) is 30.5. The lowest BCUT2D eigenvalue weighted by atomic mass is 9.61. The molecule has 4 heterocycles. The zero-order valence-corrected chi connectivity index (χ0v) is 27.4. The first-order valence-electron chi connectivity index (χ1n) is 16.1. The van der Waals surface area contributed by atoms with Crippen molar-refractivity contribution in [3.63, 3.8) is 0 Å². The van der Waals surface area contributed by atoms with Gasteiger partial charge in [0.2, 0.25) is 0 Å². The minimum Gasteiger partial charge on any atom is -0.466 e. The molecular formula is C34H34FN7O5S. The molecule has 248 valence electrons. The highest BCUT2D eigenvalue weighted by Crippen LogP contribution is 2.64. The van der Waals surface area contributed by atoms with E-state index in [0.717, 1.165) is 35.0 Å². The molecule has 1 aromatic carbocycles. The van der Waals surface area contributed by atoms with E-state index in [1.54, 1.807) is 31.2 Å². The number of hydrogen-bond acceptors (Lipinski definition) is 9. The molecule has 0 radical (unpaired) electrons. The second-order valence-corrected chi connectivity index (χ2v) is 14.8. The van der Waals surface area contributed by atoms with Gasteiger partial charge in [0.1, 0.15) is 17.0 Å². The number of anilines is 1. The molecular weight excluding hydrogens is 637 g/mol. The molecule has 2 N–H and O–H groups in total. The lowest BCUT2D eigenvalue weighted by molar-refractivity contribution is -0.155. The standard InChI is InChI=1S/C34H34FN7O5S/c1-4-47-34(44)28-20-9-10-21(23-14-22(20)23)29(28)38-31-26-11-12-27(33(43)36-3)42(26)40-30(39-31)25-16-41(32-24(25)13-18(35)15-37-32)48(45,46)19-7-5-17(2)6-8-19/h5-8,11-13,15-16,20-23,28-29H,4,9-10,14H2,1-3H3,(H,36,43)(H,38,39,40)/t20-,21+,22?,23?,28+,29+/m0/s1. The van der Waals surface area contributed by atoms with E-state index in [9.17, 15) is 22.4 Å². The third-order valence-corrected chi connectivity index (χ3v) is 12.0. The third kappa shape index (κ3) is 4.67. The van der Waals surface area contributed by atoms with Crippen LogP contribution in [0.3, 0.4) is 0 Å². The molecule has 14 heteroatoms. The number of esters is 1. The molecule has 0 spiro atoms. The molecule has 5 aromatic rings. The van der Waals surface area contributed by atoms with Crippen LogP contribution in [-0.2, 0) is 19.6 Å². The maximum atomic E-state index is 14.7. The summed E-state index contributed by atoms with van der Waals surface area (Å²) in [6, 6.07) is 10.7. The number of ether oxygens (including phenoxy) is 1. The number of hydrogen-bond donors (Lipinski definition) is 2. The predicted molar refractivity (Wildman–Crippen MR) is 174 cm³/mol. The Morgan fingerprint density at radius 3 is 2.56 bits per heavy atom. The fourth-order valence-corrected chi connectivity index (χ4v) is 9.45. The first-order chi connectivity index (χ1) is 23.1. The van der Waals surface area contributed by atoms with E-state index in [-0.39, 0.29) is 69.4 Å². The summed E-state index contributed by atoms with van der Waals surface area (Å²) in [5.74, 6) is 0.241. The largest absolute Gasteiger partial charge is 0.466 e. The Morgan fingerprint density at radius 1 is 1.06 bits per heavy atom. The highest BCUT2D eigenvalue weighted by atomic mass is 32.2. The summed E-state index contributed by atoms with van der Waals surface area (Å²) < 4.78 is 50.6. The van der Waals surface area contributed by atoms with Gasteiger partial charge in [0.05, 0.1) is 23.6 Å². The van der Waals surface area contributed by atoms with Crippen LogP contribution < -0.4 is 10.6 Å². The Kier molecular flexibility index (Phi) is 7.06. The van der Waals surface area contributed by atoms with E-state index in [0.29, 0.717) is 23.2 Å². The van der Waals surface area contributed by atoms with Gasteiger partial charge < -0.3 is 15.4 Å². The normalized spacial score (nSPS) is 24.4. The van der Waals surface area contributed by atoms with E-state index in [1.165, 1.54) is 36.0 Å². The summed E-state index contributed by atoms with van der Waals surface area (Å²) in [4.78, 5) is 35.4. The Balaban J connectivity index is 1.31. The van der Waals surface area contributed by atoms with E-state index in [4.69, 9.17) is 14.8 Å². The Morgan fingerprint density at radius 2 is 1.81 bits per heavy atom. The van der Waals surface area contributed by atoms with Crippen molar-refractivity contribution in [3.8, 4) is 11.4 Å². The summed E-state index contributed by atoms with van der Waals surface area (Å²) in [5.41, 5.74) is 1.80. The molecule has 1 amide bonds. The molecule has 2 unspecified atom stereocenters. The summed E-state index contributed by atoms with van der Waals surface area (Å²) in [5, 5.41) is 11.1. The van der Waals surface area contributed by atoms with Crippen LogP contribution in [-0.4, -0.2) is 63.5 Å². The third-order valence-electron chi connectivity index (χ3n) is 10.4. The lowest BCUT2D eigenvalue weighted by Crippen LogP contribution is -2.53. The summed E-state index contributed by atoms with van der Waals surface area (Å²) in [7, 11) is -2.65. The monoisotopic (exact) mass is 671 g/mol. The van der Waals surface area contributed by atoms with E-state index < -0.39 is 21.7 Å². The maximum absolute atomic E-state index is 14.7. The van der Waals surface area contributed by atoms with Crippen LogP contribution in [0.5, 0.6) is 0 Å². The fourth-order valence-electron chi connectivity index (χ4n) is 8.13. The number of pyridine rings is 1. The first-order valence-corrected chi connectivity index (χ1v) is 17.6. The molecule has 4 aliphatic carbocycles. The van der Waals surface area contributed by atoms with Crippen molar-refractivity contribution in [2.24, 2.45) is 29.6 Å². The fraction of sp³-hybridized carbons (Fsp3) is 0.382. The zero-order valence-electron chi connectivity index (χ0n) is 26.6. The van der Waals surface area contributed by atoms with Crippen molar-refractivity contribution < 1.29 is 27.1 Å². The van der Waals surface area contributed by atoms with E-state index >= 15 is 0 Å². The molecule has 12 nitrogen and oxygen atoms in total. The minimum atomic E-state index is -4.16. The van der Waals surface area contributed by atoms with Gasteiger partial charge in [-0.05, 0) is 87.1 Å².